The van der Waals surface area contributed by atoms with Crippen LogP contribution in [0.3, 0.4) is 0 Å². The number of aromatic hydroxyl groups is 4. The molecule has 196 valence electrons. The second-order valence-corrected chi connectivity index (χ2v) is 8.50. The Hall–Kier alpha value is -4.48. The average molecular weight is 514 g/mol. The van der Waals surface area contributed by atoms with Gasteiger partial charge in [-0.05, 0) is 47.5 Å². The van der Waals surface area contributed by atoms with Gasteiger partial charge >= 0.3 is 11.9 Å². The highest BCUT2D eigenvalue weighted by molar-refractivity contribution is 5.87. The van der Waals surface area contributed by atoms with E-state index in [0.29, 0.717) is 11.1 Å². The first-order chi connectivity index (χ1) is 17.4. The van der Waals surface area contributed by atoms with E-state index in [-0.39, 0.29) is 23.0 Å². The first-order valence-electron chi connectivity index (χ1n) is 11.0. The third kappa shape index (κ3) is 6.81. The molecule has 11 nitrogen and oxygen atoms in total. The van der Waals surface area contributed by atoms with E-state index in [4.69, 9.17) is 9.47 Å². The summed E-state index contributed by atoms with van der Waals surface area (Å²) in [5.74, 6) is -3.93. The van der Waals surface area contributed by atoms with Crippen molar-refractivity contribution < 1.29 is 54.8 Å². The molecule has 3 rings (SSSR count). The monoisotopic (exact) mass is 514 g/mol. The van der Waals surface area contributed by atoms with Crippen LogP contribution in [-0.4, -0.2) is 71.6 Å². The first kappa shape index (κ1) is 27.1. The van der Waals surface area contributed by atoms with Gasteiger partial charge in [-0.1, -0.05) is 24.8 Å². The van der Waals surface area contributed by atoms with Crippen molar-refractivity contribution in [2.45, 2.75) is 36.8 Å². The van der Waals surface area contributed by atoms with Gasteiger partial charge in [0.2, 0.25) is 0 Å². The Morgan fingerprint density at radius 2 is 1.41 bits per heavy atom. The lowest BCUT2D eigenvalue weighted by Crippen LogP contribution is -2.57. The van der Waals surface area contributed by atoms with E-state index in [9.17, 15) is 45.3 Å². The van der Waals surface area contributed by atoms with E-state index in [0.717, 1.165) is 6.08 Å². The maximum absolute atomic E-state index is 12.4. The molecule has 0 amide bonds. The zero-order chi connectivity index (χ0) is 27.3. The minimum Gasteiger partial charge on any atom is -0.504 e. The van der Waals surface area contributed by atoms with Gasteiger partial charge in [0, 0.05) is 18.9 Å². The number of allylic oxidation sites excluding steroid dienone is 1. The molecular formula is C26H26O11. The molecule has 0 saturated heterocycles. The van der Waals surface area contributed by atoms with Crippen LogP contribution in [0.4, 0.5) is 0 Å². The molecule has 0 heterocycles. The molecule has 0 spiro atoms. The summed E-state index contributed by atoms with van der Waals surface area (Å²) in [6.07, 6.45) is -0.290. The molecule has 1 fully saturated rings. The summed E-state index contributed by atoms with van der Waals surface area (Å²) >= 11 is 0. The number of aliphatic hydroxyl groups is 2. The van der Waals surface area contributed by atoms with Crippen LogP contribution in [0.25, 0.3) is 12.2 Å². The van der Waals surface area contributed by atoms with Crippen LogP contribution in [0.2, 0.25) is 0 Å². The van der Waals surface area contributed by atoms with Crippen molar-refractivity contribution >= 4 is 24.1 Å². The highest BCUT2D eigenvalue weighted by Gasteiger charge is 2.52. The Morgan fingerprint density at radius 3 is 1.92 bits per heavy atom. The standard InChI is InChI=1S/C26H26O11/c1-14(2-3-15-4-7-17(27)19(29)10-15)36-22-13-26(35,25(33)34)12-21(31)24(22)37-23(32)9-6-16-5-8-18(28)20(30)11-16/h2-11,21-22,24,27-31,35H,1,12-13H2,(H,33,34). The molecule has 2 aromatic rings. The van der Waals surface area contributed by atoms with Crippen LogP contribution in [0.15, 0.2) is 60.9 Å². The van der Waals surface area contributed by atoms with Crippen LogP contribution in [0.5, 0.6) is 23.0 Å². The molecule has 1 aliphatic carbocycles. The molecule has 0 aromatic heterocycles. The molecule has 2 aromatic carbocycles. The highest BCUT2D eigenvalue weighted by atomic mass is 16.6. The number of carbonyl (C=O) groups is 2. The van der Waals surface area contributed by atoms with Gasteiger partial charge in [-0.25, -0.2) is 9.59 Å². The van der Waals surface area contributed by atoms with Gasteiger partial charge in [0.1, 0.15) is 11.9 Å². The molecule has 7 N–H and O–H groups in total. The van der Waals surface area contributed by atoms with Gasteiger partial charge in [-0.2, -0.15) is 0 Å². The van der Waals surface area contributed by atoms with Crippen LogP contribution in [0.1, 0.15) is 24.0 Å². The molecule has 37 heavy (non-hydrogen) atoms. The van der Waals surface area contributed by atoms with Gasteiger partial charge < -0.3 is 45.2 Å². The van der Waals surface area contributed by atoms with Gasteiger partial charge in [-0.3, -0.25) is 0 Å². The molecule has 0 aliphatic heterocycles. The minimum absolute atomic E-state index is 0.0319. The lowest BCUT2D eigenvalue weighted by atomic mass is 9.79. The van der Waals surface area contributed by atoms with Crippen LogP contribution in [0, 0.1) is 0 Å². The van der Waals surface area contributed by atoms with Crippen molar-refractivity contribution in [2.24, 2.45) is 0 Å². The van der Waals surface area contributed by atoms with Crippen molar-refractivity contribution in [3.63, 3.8) is 0 Å². The van der Waals surface area contributed by atoms with Crippen LogP contribution >= 0.6 is 0 Å². The largest absolute Gasteiger partial charge is 0.504 e. The number of aliphatic carboxylic acids is 1. The Kier molecular flexibility index (Phi) is 8.11. The summed E-state index contributed by atoms with van der Waals surface area (Å²) < 4.78 is 11.0. The van der Waals surface area contributed by atoms with Crippen molar-refractivity contribution in [3.8, 4) is 23.0 Å². The maximum Gasteiger partial charge on any atom is 0.335 e. The van der Waals surface area contributed by atoms with Crippen molar-refractivity contribution in [3.05, 3.63) is 72.0 Å². The molecule has 0 bridgehead atoms. The fraction of sp³-hybridized carbons (Fsp3) is 0.231. The number of phenols is 4. The lowest BCUT2D eigenvalue weighted by molar-refractivity contribution is -0.198. The third-order valence-electron chi connectivity index (χ3n) is 5.66. The number of carboxylic acid groups (broad SMARTS) is 1. The Bertz CT molecular complexity index is 1250. The Balaban J connectivity index is 1.75. The number of phenolic OH excluding ortho intramolecular Hbond substituents is 4. The van der Waals surface area contributed by atoms with Gasteiger partial charge in [0.25, 0.3) is 0 Å². The summed E-state index contributed by atoms with van der Waals surface area (Å²) in [6.45, 7) is 3.70. The molecule has 4 atom stereocenters. The summed E-state index contributed by atoms with van der Waals surface area (Å²) in [4.78, 5) is 24.0. The van der Waals surface area contributed by atoms with E-state index in [1.54, 1.807) is 0 Å². The van der Waals surface area contributed by atoms with Crippen LogP contribution in [-0.2, 0) is 19.1 Å². The SMILES string of the molecule is C=C(C=Cc1ccc(O)c(O)c1)OC1CC(O)(C(=O)O)CC(O)C1OC(=O)C=Cc1ccc(O)c(O)c1. The van der Waals surface area contributed by atoms with E-state index >= 15 is 0 Å². The second kappa shape index (κ2) is 11.1. The number of esters is 1. The number of hydrogen-bond donors (Lipinski definition) is 7. The van der Waals surface area contributed by atoms with E-state index in [1.807, 2.05) is 0 Å². The third-order valence-corrected chi connectivity index (χ3v) is 5.66. The van der Waals surface area contributed by atoms with Crippen LogP contribution < -0.4 is 0 Å². The van der Waals surface area contributed by atoms with Crippen molar-refractivity contribution in [1.29, 1.82) is 0 Å². The zero-order valence-corrected chi connectivity index (χ0v) is 19.4. The van der Waals surface area contributed by atoms with Gasteiger partial charge in [0.05, 0.1) is 6.10 Å². The van der Waals surface area contributed by atoms with E-state index in [2.05, 4.69) is 6.58 Å². The summed E-state index contributed by atoms with van der Waals surface area (Å²) in [5.41, 5.74) is -1.51. The fourth-order valence-corrected chi connectivity index (χ4v) is 3.73. The average Bonchev–Trinajstić information content (AvgIpc) is 2.82. The molecule has 0 radical (unpaired) electrons. The summed E-state index contributed by atoms with van der Waals surface area (Å²) in [7, 11) is 0. The van der Waals surface area contributed by atoms with E-state index < -0.39 is 54.4 Å². The maximum atomic E-state index is 12.4. The fourth-order valence-electron chi connectivity index (χ4n) is 3.73. The number of hydrogen-bond acceptors (Lipinski definition) is 10. The van der Waals surface area contributed by atoms with Gasteiger partial charge in [-0.15, -0.1) is 0 Å². The topological polar surface area (TPSA) is 194 Å². The summed E-state index contributed by atoms with van der Waals surface area (Å²) in [5, 5.41) is 68.4. The number of aliphatic hydroxyl groups excluding tert-OH is 1. The number of rotatable bonds is 8. The second-order valence-electron chi connectivity index (χ2n) is 8.50. The quantitative estimate of drug-likeness (QED) is 0.0895. The smallest absolute Gasteiger partial charge is 0.335 e. The first-order valence-corrected chi connectivity index (χ1v) is 11.0. The zero-order valence-electron chi connectivity index (χ0n) is 19.4. The molecule has 11 heteroatoms. The number of benzene rings is 2. The molecular weight excluding hydrogens is 488 g/mol. The number of carboxylic acids is 1. The number of ether oxygens (including phenoxy) is 2. The highest BCUT2D eigenvalue weighted by Crippen LogP contribution is 2.34. The normalized spacial score (nSPS) is 23.7. The molecule has 1 aliphatic rings. The Labute approximate surface area is 211 Å². The van der Waals surface area contributed by atoms with Crippen molar-refractivity contribution in [1.82, 2.24) is 0 Å². The lowest BCUT2D eigenvalue weighted by Gasteiger charge is -2.41. The molecule has 4 unspecified atom stereocenters. The molecule has 1 saturated carbocycles. The number of carbonyl (C=O) groups excluding carboxylic acids is 1. The van der Waals surface area contributed by atoms with E-state index in [1.165, 1.54) is 54.6 Å². The predicted molar refractivity (Wildman–Crippen MR) is 129 cm³/mol. The Morgan fingerprint density at radius 1 is 0.865 bits per heavy atom. The minimum atomic E-state index is -2.35. The van der Waals surface area contributed by atoms with Gasteiger partial charge in [0.15, 0.2) is 34.7 Å². The predicted octanol–water partition coefficient (Wildman–Crippen LogP) is 2.02. The summed E-state index contributed by atoms with van der Waals surface area (Å²) in [6, 6.07) is 7.90. The van der Waals surface area contributed by atoms with Crippen molar-refractivity contribution in [2.75, 3.05) is 0 Å².